The number of nitrogens with zero attached hydrogens (tertiary/aromatic N) is 2. The van der Waals surface area contributed by atoms with Crippen molar-refractivity contribution in [3.63, 3.8) is 0 Å². The van der Waals surface area contributed by atoms with Gasteiger partial charge in [-0.25, -0.2) is 0 Å². The van der Waals surface area contributed by atoms with Crippen LogP contribution in [0.2, 0.25) is 0 Å². The lowest BCUT2D eigenvalue weighted by Gasteiger charge is -2.09. The van der Waals surface area contributed by atoms with Gasteiger partial charge in [-0.2, -0.15) is 13.2 Å². The van der Waals surface area contributed by atoms with Crippen molar-refractivity contribution in [3.05, 3.63) is 35.7 Å². The van der Waals surface area contributed by atoms with Crippen molar-refractivity contribution in [1.82, 2.24) is 9.88 Å². The molecule has 0 aromatic carbocycles. The molecule has 0 N–H and O–H groups in total. The molecule has 1 rings (SSSR count). The van der Waals surface area contributed by atoms with Gasteiger partial charge < -0.3 is 4.90 Å². The Bertz CT molecular complexity index is 370. The third-order valence-electron chi connectivity index (χ3n) is 1.89. The molecule has 1 aromatic rings. The van der Waals surface area contributed by atoms with Crippen LogP contribution in [0.3, 0.4) is 0 Å². The van der Waals surface area contributed by atoms with Crippen LogP contribution in [-0.4, -0.2) is 30.5 Å². The second kappa shape index (κ2) is 5.12. The molecule has 0 amide bonds. The van der Waals surface area contributed by atoms with Crippen molar-refractivity contribution >= 4 is 6.08 Å². The van der Waals surface area contributed by atoms with Gasteiger partial charge in [0.1, 0.15) is 0 Å². The number of pyridine rings is 1. The van der Waals surface area contributed by atoms with Crippen LogP contribution in [0.4, 0.5) is 13.2 Å². The van der Waals surface area contributed by atoms with Crippen LogP contribution < -0.4 is 0 Å². The van der Waals surface area contributed by atoms with Crippen molar-refractivity contribution in [1.29, 1.82) is 0 Å². The lowest BCUT2D eigenvalue weighted by molar-refractivity contribution is -0.138. The van der Waals surface area contributed by atoms with E-state index in [1.165, 1.54) is 18.3 Å². The van der Waals surface area contributed by atoms with E-state index >= 15 is 0 Å². The molecule has 2 nitrogen and oxygen atoms in total. The first-order chi connectivity index (χ1) is 7.41. The summed E-state index contributed by atoms with van der Waals surface area (Å²) in [4.78, 5) is 5.57. The Morgan fingerprint density at radius 2 is 2.06 bits per heavy atom. The Kier molecular flexibility index (Phi) is 4.06. The van der Waals surface area contributed by atoms with Gasteiger partial charge in [0.05, 0.1) is 11.3 Å². The summed E-state index contributed by atoms with van der Waals surface area (Å²) < 4.78 is 37.6. The normalized spacial score (nSPS) is 12.6. The maximum Gasteiger partial charge on any atom is 0.418 e. The first-order valence-corrected chi connectivity index (χ1v) is 4.75. The van der Waals surface area contributed by atoms with E-state index in [2.05, 4.69) is 4.98 Å². The van der Waals surface area contributed by atoms with Crippen molar-refractivity contribution in [3.8, 4) is 0 Å². The maximum absolute atomic E-state index is 12.5. The van der Waals surface area contributed by atoms with Gasteiger partial charge in [0.25, 0.3) is 0 Å². The molecule has 0 aliphatic heterocycles. The number of likely N-dealkylation sites (N-methyl/N-ethyl adjacent to an activating group) is 1. The molecule has 0 aliphatic carbocycles. The van der Waals surface area contributed by atoms with E-state index in [0.29, 0.717) is 6.54 Å². The zero-order valence-corrected chi connectivity index (χ0v) is 9.12. The summed E-state index contributed by atoms with van der Waals surface area (Å²) in [5.41, 5.74) is -0.748. The van der Waals surface area contributed by atoms with Crippen LogP contribution in [-0.2, 0) is 6.18 Å². The summed E-state index contributed by atoms with van der Waals surface area (Å²) >= 11 is 0. The van der Waals surface area contributed by atoms with Crippen LogP contribution in [0.1, 0.15) is 11.3 Å². The Balaban J connectivity index is 2.92. The zero-order chi connectivity index (χ0) is 12.2. The minimum atomic E-state index is -4.36. The van der Waals surface area contributed by atoms with Gasteiger partial charge in [-0.05, 0) is 32.3 Å². The van der Waals surface area contributed by atoms with E-state index in [1.807, 2.05) is 19.0 Å². The molecule has 0 aliphatic rings. The second-order valence-electron chi connectivity index (χ2n) is 3.60. The molecule has 0 spiro atoms. The minimum absolute atomic E-state index is 0.0446. The molecular formula is C11H13F3N2. The van der Waals surface area contributed by atoms with E-state index in [4.69, 9.17) is 0 Å². The van der Waals surface area contributed by atoms with Gasteiger partial charge in [0, 0.05) is 12.7 Å². The Labute approximate surface area is 92.4 Å². The largest absolute Gasteiger partial charge is 0.418 e. The average molecular weight is 230 g/mol. The predicted molar refractivity (Wildman–Crippen MR) is 56.8 cm³/mol. The van der Waals surface area contributed by atoms with Crippen molar-refractivity contribution in [2.75, 3.05) is 20.6 Å². The summed E-state index contributed by atoms with van der Waals surface area (Å²) in [5, 5.41) is 0. The van der Waals surface area contributed by atoms with Crippen molar-refractivity contribution in [2.24, 2.45) is 0 Å². The molecule has 5 heteroatoms. The summed E-state index contributed by atoms with van der Waals surface area (Å²) in [6.45, 7) is 0.577. The number of halogens is 3. The Morgan fingerprint density at radius 1 is 1.38 bits per heavy atom. The standard InChI is InChI=1S/C11H13F3N2/c1-16(2)8-4-6-10-9(11(12,13)14)5-3-7-15-10/h3-7H,8H2,1-2H3. The van der Waals surface area contributed by atoms with E-state index in [0.717, 1.165) is 6.07 Å². The molecule has 0 radical (unpaired) electrons. The van der Waals surface area contributed by atoms with Crippen molar-refractivity contribution < 1.29 is 13.2 Å². The summed E-state index contributed by atoms with van der Waals surface area (Å²) in [5.74, 6) is 0. The van der Waals surface area contributed by atoms with E-state index in [9.17, 15) is 13.2 Å². The zero-order valence-electron chi connectivity index (χ0n) is 9.12. The van der Waals surface area contributed by atoms with Crippen LogP contribution in [0, 0.1) is 0 Å². The fourth-order valence-electron chi connectivity index (χ4n) is 1.17. The first-order valence-electron chi connectivity index (χ1n) is 4.75. The molecule has 16 heavy (non-hydrogen) atoms. The molecule has 0 saturated heterocycles. The molecule has 0 atom stereocenters. The SMILES string of the molecule is CN(C)CC=Cc1ncccc1C(F)(F)F. The van der Waals surface area contributed by atoms with Gasteiger partial charge >= 0.3 is 6.18 Å². The topological polar surface area (TPSA) is 16.1 Å². The van der Waals surface area contributed by atoms with Gasteiger partial charge in [-0.15, -0.1) is 0 Å². The lowest BCUT2D eigenvalue weighted by atomic mass is 10.2. The monoisotopic (exact) mass is 230 g/mol. The molecule has 0 unspecified atom stereocenters. The van der Waals surface area contributed by atoms with Gasteiger partial charge in [0.15, 0.2) is 0 Å². The number of hydrogen-bond acceptors (Lipinski definition) is 2. The predicted octanol–water partition coefficient (Wildman–Crippen LogP) is 2.68. The molecule has 1 aromatic heterocycles. The van der Waals surface area contributed by atoms with Crippen molar-refractivity contribution in [2.45, 2.75) is 6.18 Å². The lowest BCUT2D eigenvalue weighted by Crippen LogP contribution is -2.11. The Hall–Kier alpha value is -1.36. The highest BCUT2D eigenvalue weighted by atomic mass is 19.4. The highest BCUT2D eigenvalue weighted by molar-refractivity contribution is 5.50. The molecular weight excluding hydrogens is 217 g/mol. The molecule has 0 bridgehead atoms. The van der Waals surface area contributed by atoms with Crippen LogP contribution in [0.15, 0.2) is 24.4 Å². The highest BCUT2D eigenvalue weighted by Crippen LogP contribution is 2.31. The van der Waals surface area contributed by atoms with Crippen LogP contribution in [0.25, 0.3) is 6.08 Å². The number of aromatic nitrogens is 1. The summed E-state index contributed by atoms with van der Waals surface area (Å²) in [6, 6.07) is 2.31. The fourth-order valence-corrected chi connectivity index (χ4v) is 1.17. The molecule has 0 fully saturated rings. The van der Waals surface area contributed by atoms with E-state index in [1.54, 1.807) is 6.08 Å². The van der Waals surface area contributed by atoms with Crippen LogP contribution in [0.5, 0.6) is 0 Å². The number of alkyl halides is 3. The van der Waals surface area contributed by atoms with Crippen LogP contribution >= 0.6 is 0 Å². The third-order valence-corrected chi connectivity index (χ3v) is 1.89. The third kappa shape index (κ3) is 3.66. The molecule has 88 valence electrons. The minimum Gasteiger partial charge on any atom is -0.306 e. The Morgan fingerprint density at radius 3 is 2.62 bits per heavy atom. The highest BCUT2D eigenvalue weighted by Gasteiger charge is 2.32. The number of rotatable bonds is 3. The summed E-state index contributed by atoms with van der Waals surface area (Å²) in [6.07, 6.45) is 0.0387. The van der Waals surface area contributed by atoms with E-state index in [-0.39, 0.29) is 5.69 Å². The fraction of sp³-hybridized carbons (Fsp3) is 0.364. The molecule has 0 saturated carbocycles. The quantitative estimate of drug-likeness (QED) is 0.793. The van der Waals surface area contributed by atoms with E-state index < -0.39 is 11.7 Å². The second-order valence-corrected chi connectivity index (χ2v) is 3.60. The number of hydrogen-bond donors (Lipinski definition) is 0. The molecule has 1 heterocycles. The maximum atomic E-state index is 12.5. The van der Waals surface area contributed by atoms with Gasteiger partial charge in [-0.3, -0.25) is 4.98 Å². The average Bonchev–Trinajstić information content (AvgIpc) is 2.16. The summed E-state index contributed by atoms with van der Waals surface area (Å²) in [7, 11) is 3.68. The first kappa shape index (κ1) is 12.7. The smallest absolute Gasteiger partial charge is 0.306 e. The van der Waals surface area contributed by atoms with Gasteiger partial charge in [0.2, 0.25) is 0 Å². The van der Waals surface area contributed by atoms with Gasteiger partial charge in [-0.1, -0.05) is 6.08 Å².